The van der Waals surface area contributed by atoms with Gasteiger partial charge in [-0.1, -0.05) is 259 Å². The molecule has 0 aromatic heterocycles. The minimum Gasteiger partial charge on any atom is -0.462 e. The van der Waals surface area contributed by atoms with Gasteiger partial charge in [-0.3, -0.25) is 9.59 Å². The van der Waals surface area contributed by atoms with Crippen LogP contribution in [0.25, 0.3) is 0 Å². The average molecular weight is 920 g/mol. The Kier molecular flexibility index (Phi) is 53.9. The number of allylic oxidation sites excluding steroid dienone is 14. The Labute approximate surface area is 409 Å². The van der Waals surface area contributed by atoms with Crippen molar-refractivity contribution in [3.63, 3.8) is 0 Å². The molecule has 380 valence electrons. The Bertz CT molecular complexity index is 1220. The lowest BCUT2D eigenvalue weighted by Crippen LogP contribution is -2.28. The van der Waals surface area contributed by atoms with Gasteiger partial charge in [0.2, 0.25) is 0 Å². The van der Waals surface area contributed by atoms with Crippen LogP contribution < -0.4 is 0 Å². The van der Waals surface area contributed by atoms with Gasteiger partial charge in [0.1, 0.15) is 6.61 Å². The molecular formula is C61H106O5. The maximum atomic E-state index is 12.3. The van der Waals surface area contributed by atoms with E-state index in [4.69, 9.17) is 9.47 Å². The largest absolute Gasteiger partial charge is 0.462 e. The van der Waals surface area contributed by atoms with Gasteiger partial charge < -0.3 is 14.6 Å². The van der Waals surface area contributed by atoms with Gasteiger partial charge in [0, 0.05) is 12.8 Å². The van der Waals surface area contributed by atoms with Gasteiger partial charge in [-0.2, -0.15) is 0 Å². The molecule has 0 aliphatic rings. The monoisotopic (exact) mass is 919 g/mol. The van der Waals surface area contributed by atoms with Gasteiger partial charge in [0.05, 0.1) is 6.61 Å². The maximum absolute atomic E-state index is 12.3. The fraction of sp³-hybridized carbons (Fsp3) is 0.738. The van der Waals surface area contributed by atoms with Crippen LogP contribution in [0.3, 0.4) is 0 Å². The number of rotatable bonds is 51. The quantitative estimate of drug-likeness (QED) is 0.0374. The second-order valence-corrected chi connectivity index (χ2v) is 18.6. The highest BCUT2D eigenvalue weighted by atomic mass is 16.6. The second-order valence-electron chi connectivity index (χ2n) is 18.6. The van der Waals surface area contributed by atoms with E-state index in [0.29, 0.717) is 12.8 Å². The van der Waals surface area contributed by atoms with Crippen LogP contribution in [0.1, 0.15) is 271 Å². The summed E-state index contributed by atoms with van der Waals surface area (Å²) in [6, 6.07) is 0. The van der Waals surface area contributed by atoms with Crippen molar-refractivity contribution in [2.45, 2.75) is 277 Å². The summed E-state index contributed by atoms with van der Waals surface area (Å²) in [5, 5.41) is 9.63. The summed E-state index contributed by atoms with van der Waals surface area (Å²) in [4.78, 5) is 24.4. The zero-order valence-electron chi connectivity index (χ0n) is 43.4. The number of unbranched alkanes of at least 4 members (excludes halogenated alkanes) is 29. The minimum absolute atomic E-state index is 0.0748. The van der Waals surface area contributed by atoms with E-state index in [1.807, 2.05) is 0 Å². The zero-order chi connectivity index (χ0) is 47.7. The van der Waals surface area contributed by atoms with E-state index < -0.39 is 6.10 Å². The molecule has 0 saturated carbocycles. The highest BCUT2D eigenvalue weighted by molar-refractivity contribution is 5.70. The van der Waals surface area contributed by atoms with Crippen LogP contribution in [0.4, 0.5) is 0 Å². The summed E-state index contributed by atoms with van der Waals surface area (Å²) in [6.07, 6.45) is 78.6. The molecule has 0 amide bonds. The molecule has 0 aromatic carbocycles. The normalized spacial score (nSPS) is 12.8. The number of ether oxygens (including phenoxy) is 2. The number of aliphatic hydroxyl groups excluding tert-OH is 1. The smallest absolute Gasteiger partial charge is 0.306 e. The van der Waals surface area contributed by atoms with Gasteiger partial charge in [-0.25, -0.2) is 0 Å². The lowest BCUT2D eigenvalue weighted by atomic mass is 10.0. The maximum Gasteiger partial charge on any atom is 0.306 e. The number of carbonyl (C=O) groups is 2. The number of esters is 2. The fourth-order valence-corrected chi connectivity index (χ4v) is 8.03. The number of aliphatic hydroxyl groups is 1. The first-order valence-electron chi connectivity index (χ1n) is 28.1. The topological polar surface area (TPSA) is 72.8 Å². The van der Waals surface area contributed by atoms with Gasteiger partial charge >= 0.3 is 11.9 Å². The van der Waals surface area contributed by atoms with Gasteiger partial charge in [0.25, 0.3) is 0 Å². The van der Waals surface area contributed by atoms with Gasteiger partial charge in [-0.05, 0) is 83.5 Å². The summed E-state index contributed by atoms with van der Waals surface area (Å²) < 4.78 is 10.7. The van der Waals surface area contributed by atoms with Crippen molar-refractivity contribution in [1.82, 2.24) is 0 Å². The number of carbonyl (C=O) groups excluding carboxylic acids is 2. The molecule has 1 atom stereocenters. The molecule has 0 saturated heterocycles. The van der Waals surface area contributed by atoms with Crippen molar-refractivity contribution in [2.75, 3.05) is 13.2 Å². The Hall–Kier alpha value is -2.92. The van der Waals surface area contributed by atoms with Crippen LogP contribution >= 0.6 is 0 Å². The van der Waals surface area contributed by atoms with Crippen molar-refractivity contribution < 1.29 is 24.2 Å². The second kappa shape index (κ2) is 56.4. The van der Waals surface area contributed by atoms with Crippen LogP contribution in [0.15, 0.2) is 85.1 Å². The van der Waals surface area contributed by atoms with Crippen molar-refractivity contribution in [2.24, 2.45) is 0 Å². The summed E-state index contributed by atoms with van der Waals surface area (Å²) in [7, 11) is 0. The molecule has 66 heavy (non-hydrogen) atoms. The Morgan fingerprint density at radius 2 is 0.606 bits per heavy atom. The summed E-state index contributed by atoms with van der Waals surface area (Å²) in [5.41, 5.74) is 0. The van der Waals surface area contributed by atoms with E-state index in [0.717, 1.165) is 96.3 Å². The van der Waals surface area contributed by atoms with Crippen molar-refractivity contribution in [3.05, 3.63) is 85.1 Å². The summed E-state index contributed by atoms with van der Waals surface area (Å²) in [5.74, 6) is -0.604. The van der Waals surface area contributed by atoms with Crippen LogP contribution in [-0.2, 0) is 19.1 Å². The SMILES string of the molecule is CC/C=C\C/C=C\C/C=C\C/C=C\CCCCCCCCCCCCCCCCCCCCCCCCCCC(=O)OC(CO)COC(=O)CCCCCCC/C=C\C/C=C\C/C=C\CC. The van der Waals surface area contributed by atoms with Gasteiger partial charge in [-0.15, -0.1) is 0 Å². The van der Waals surface area contributed by atoms with E-state index in [9.17, 15) is 14.7 Å². The molecule has 0 bridgehead atoms. The van der Waals surface area contributed by atoms with Crippen LogP contribution in [0, 0.1) is 0 Å². The molecule has 0 aliphatic heterocycles. The highest BCUT2D eigenvalue weighted by Crippen LogP contribution is 2.17. The fourth-order valence-electron chi connectivity index (χ4n) is 8.03. The van der Waals surface area contributed by atoms with Gasteiger partial charge in [0.15, 0.2) is 6.10 Å². The van der Waals surface area contributed by atoms with Crippen LogP contribution in [-0.4, -0.2) is 36.4 Å². The van der Waals surface area contributed by atoms with E-state index in [1.54, 1.807) is 0 Å². The van der Waals surface area contributed by atoms with Crippen molar-refractivity contribution in [1.29, 1.82) is 0 Å². The molecule has 0 rings (SSSR count). The van der Waals surface area contributed by atoms with E-state index in [2.05, 4.69) is 98.9 Å². The predicted octanol–water partition coefficient (Wildman–Crippen LogP) is 19.0. The lowest BCUT2D eigenvalue weighted by Gasteiger charge is -2.15. The Balaban J connectivity index is 3.42. The Morgan fingerprint density at radius 1 is 0.348 bits per heavy atom. The molecule has 1 unspecified atom stereocenters. The molecule has 0 heterocycles. The first-order valence-corrected chi connectivity index (χ1v) is 28.1. The molecule has 5 heteroatoms. The molecule has 0 aliphatic carbocycles. The molecule has 0 spiro atoms. The molecule has 0 radical (unpaired) electrons. The first-order chi connectivity index (χ1) is 32.6. The predicted molar refractivity (Wildman–Crippen MR) is 288 cm³/mol. The third kappa shape index (κ3) is 53.7. The third-order valence-corrected chi connectivity index (χ3v) is 12.2. The van der Waals surface area contributed by atoms with E-state index >= 15 is 0 Å². The zero-order valence-corrected chi connectivity index (χ0v) is 43.4. The number of hydrogen-bond donors (Lipinski definition) is 1. The Morgan fingerprint density at radius 3 is 0.909 bits per heavy atom. The minimum atomic E-state index is -0.780. The number of hydrogen-bond acceptors (Lipinski definition) is 5. The molecule has 5 nitrogen and oxygen atoms in total. The average Bonchev–Trinajstić information content (AvgIpc) is 3.32. The van der Waals surface area contributed by atoms with Crippen LogP contribution in [0.5, 0.6) is 0 Å². The van der Waals surface area contributed by atoms with Crippen molar-refractivity contribution >= 4 is 11.9 Å². The van der Waals surface area contributed by atoms with Crippen LogP contribution in [0.2, 0.25) is 0 Å². The first kappa shape index (κ1) is 63.1. The molecular weight excluding hydrogens is 813 g/mol. The molecule has 0 aromatic rings. The third-order valence-electron chi connectivity index (χ3n) is 12.2. The van der Waals surface area contributed by atoms with E-state index in [-0.39, 0.29) is 25.2 Å². The summed E-state index contributed by atoms with van der Waals surface area (Å²) in [6.45, 7) is 3.92. The van der Waals surface area contributed by atoms with E-state index in [1.165, 1.54) is 148 Å². The molecule has 0 fully saturated rings. The summed E-state index contributed by atoms with van der Waals surface area (Å²) >= 11 is 0. The highest BCUT2D eigenvalue weighted by Gasteiger charge is 2.16. The standard InChI is InChI=1S/C61H106O5/c1-3-5-7-9-11-13-15-17-19-20-21-22-23-24-25-26-27-28-29-30-31-32-33-34-35-36-37-38-39-40-42-44-46-48-50-52-54-56-61(64)66-59(57-62)58-65-60(63)55-53-51-49-47-45-43-41-18-16-14-12-10-8-6-4-2/h5-8,11-14,17-19,21-22,41,59,62H,3-4,9-10,15-16,20,23-40,42-58H2,1-2H3/b7-5-,8-6-,13-11-,14-12-,19-17-,22-21-,41-18-. The lowest BCUT2D eigenvalue weighted by molar-refractivity contribution is -0.161. The van der Waals surface area contributed by atoms with Crippen molar-refractivity contribution in [3.8, 4) is 0 Å². The molecule has 1 N–H and O–H groups in total.